The fraction of sp³-hybridized carbons (Fsp3) is 1.00. The van der Waals surface area contributed by atoms with E-state index in [2.05, 4.69) is 33.0 Å². The maximum Gasteiger partial charge on any atom is 0.0615 e. The van der Waals surface area contributed by atoms with Crippen molar-refractivity contribution in [2.75, 3.05) is 13.7 Å². The molecule has 106 valence electrons. The predicted molar refractivity (Wildman–Crippen MR) is 76.7 cm³/mol. The van der Waals surface area contributed by atoms with Crippen molar-refractivity contribution in [1.82, 2.24) is 5.32 Å². The van der Waals surface area contributed by atoms with Crippen LogP contribution in [0.5, 0.6) is 0 Å². The summed E-state index contributed by atoms with van der Waals surface area (Å²) in [6, 6.07) is 1.19. The Morgan fingerprint density at radius 3 is 2.56 bits per heavy atom. The first-order valence-electron chi connectivity index (χ1n) is 7.69. The van der Waals surface area contributed by atoms with Gasteiger partial charge in [0.2, 0.25) is 0 Å². The average molecular weight is 253 g/mol. The third-order valence-corrected chi connectivity index (χ3v) is 5.68. The smallest absolute Gasteiger partial charge is 0.0615 e. The molecule has 0 saturated heterocycles. The highest BCUT2D eigenvalue weighted by Crippen LogP contribution is 2.62. The van der Waals surface area contributed by atoms with Crippen molar-refractivity contribution in [2.24, 2.45) is 16.7 Å². The summed E-state index contributed by atoms with van der Waals surface area (Å²) in [6.45, 7) is 10.5. The summed E-state index contributed by atoms with van der Waals surface area (Å²) in [5, 5.41) is 3.96. The minimum atomic E-state index is 0.451. The zero-order valence-electron chi connectivity index (χ0n) is 12.9. The highest BCUT2D eigenvalue weighted by atomic mass is 16.5. The Balaban J connectivity index is 2.07. The van der Waals surface area contributed by atoms with Crippen LogP contribution in [0.4, 0.5) is 0 Å². The van der Waals surface area contributed by atoms with E-state index < -0.39 is 0 Å². The molecule has 2 aliphatic rings. The molecule has 0 radical (unpaired) electrons. The van der Waals surface area contributed by atoms with Crippen LogP contribution >= 0.6 is 0 Å². The molecule has 2 unspecified atom stereocenters. The summed E-state index contributed by atoms with van der Waals surface area (Å²) in [7, 11) is 1.82. The summed E-state index contributed by atoms with van der Waals surface area (Å²) >= 11 is 0. The lowest BCUT2D eigenvalue weighted by Gasteiger charge is -2.45. The van der Waals surface area contributed by atoms with Gasteiger partial charge >= 0.3 is 0 Å². The standard InChI is InChI=1S/C16H31NO/c1-6-7-13(11-18-5)17-14-15(2,3)12-8-9-16(14,4)10-12/h12-14,17H,6-11H2,1-5H3/t12-,13?,14?,16+/m0/s1. The first kappa shape index (κ1) is 14.3. The third kappa shape index (κ3) is 2.34. The molecular weight excluding hydrogens is 222 g/mol. The normalized spacial score (nSPS) is 39.2. The Morgan fingerprint density at radius 1 is 1.33 bits per heavy atom. The second-order valence-electron chi connectivity index (χ2n) is 7.46. The summed E-state index contributed by atoms with van der Waals surface area (Å²) in [5.41, 5.74) is 0.973. The van der Waals surface area contributed by atoms with Gasteiger partial charge in [0.1, 0.15) is 0 Å². The maximum atomic E-state index is 5.39. The molecule has 0 aromatic rings. The molecule has 2 rings (SSSR count). The molecule has 2 saturated carbocycles. The van der Waals surface area contributed by atoms with Gasteiger partial charge in [-0.3, -0.25) is 0 Å². The van der Waals surface area contributed by atoms with Crippen LogP contribution in [0, 0.1) is 16.7 Å². The monoisotopic (exact) mass is 253 g/mol. The number of hydrogen-bond acceptors (Lipinski definition) is 2. The van der Waals surface area contributed by atoms with Gasteiger partial charge in [-0.25, -0.2) is 0 Å². The summed E-state index contributed by atoms with van der Waals surface area (Å²) in [4.78, 5) is 0. The minimum Gasteiger partial charge on any atom is -0.383 e. The molecular formula is C16H31NO. The summed E-state index contributed by atoms with van der Waals surface area (Å²) in [5.74, 6) is 0.921. The van der Waals surface area contributed by atoms with Crippen LogP contribution in [0.25, 0.3) is 0 Å². The highest BCUT2D eigenvalue weighted by molar-refractivity contribution is 5.12. The maximum absolute atomic E-state index is 5.39. The van der Waals surface area contributed by atoms with Crippen molar-refractivity contribution < 1.29 is 4.74 Å². The molecule has 2 bridgehead atoms. The number of hydrogen-bond donors (Lipinski definition) is 1. The molecule has 18 heavy (non-hydrogen) atoms. The molecule has 4 atom stereocenters. The van der Waals surface area contributed by atoms with Crippen molar-refractivity contribution in [2.45, 2.75) is 71.9 Å². The molecule has 2 nitrogen and oxygen atoms in total. The van der Waals surface area contributed by atoms with Gasteiger partial charge in [0.05, 0.1) is 6.61 Å². The van der Waals surface area contributed by atoms with Gasteiger partial charge in [-0.1, -0.05) is 34.1 Å². The Morgan fingerprint density at radius 2 is 2.06 bits per heavy atom. The van der Waals surface area contributed by atoms with Gasteiger partial charge < -0.3 is 10.1 Å². The first-order chi connectivity index (χ1) is 8.44. The Kier molecular flexibility index (Phi) is 4.08. The number of methoxy groups -OCH3 is 1. The van der Waals surface area contributed by atoms with E-state index in [0.717, 1.165) is 12.5 Å². The highest BCUT2D eigenvalue weighted by Gasteiger charge is 2.59. The van der Waals surface area contributed by atoms with Crippen molar-refractivity contribution >= 4 is 0 Å². The molecule has 0 aromatic carbocycles. The van der Waals surface area contributed by atoms with E-state index in [1.165, 1.54) is 32.1 Å². The van der Waals surface area contributed by atoms with Crippen LogP contribution in [0.15, 0.2) is 0 Å². The number of fused-ring (bicyclic) bond motifs is 2. The summed E-state index contributed by atoms with van der Waals surface area (Å²) < 4.78 is 5.39. The van der Waals surface area contributed by atoms with Gasteiger partial charge in [0, 0.05) is 19.2 Å². The Hall–Kier alpha value is -0.0800. The molecule has 2 fully saturated rings. The van der Waals surface area contributed by atoms with E-state index in [9.17, 15) is 0 Å². The molecule has 0 aromatic heterocycles. The summed E-state index contributed by atoms with van der Waals surface area (Å²) in [6.07, 6.45) is 6.72. The van der Waals surface area contributed by atoms with Crippen LogP contribution in [-0.4, -0.2) is 25.8 Å². The number of rotatable bonds is 6. The minimum absolute atomic E-state index is 0.451. The zero-order valence-corrected chi connectivity index (χ0v) is 12.9. The van der Waals surface area contributed by atoms with Gasteiger partial charge in [0.25, 0.3) is 0 Å². The van der Waals surface area contributed by atoms with Gasteiger partial charge in [-0.2, -0.15) is 0 Å². The van der Waals surface area contributed by atoms with E-state index in [0.29, 0.717) is 22.9 Å². The topological polar surface area (TPSA) is 21.3 Å². The molecule has 0 heterocycles. The van der Waals surface area contributed by atoms with E-state index in [1.54, 1.807) is 0 Å². The predicted octanol–water partition coefficient (Wildman–Crippen LogP) is 3.61. The van der Waals surface area contributed by atoms with Crippen LogP contribution in [0.3, 0.4) is 0 Å². The lowest BCUT2D eigenvalue weighted by atomic mass is 9.68. The lowest BCUT2D eigenvalue weighted by molar-refractivity contribution is 0.0756. The SMILES string of the molecule is CCCC(COC)NC1C(C)(C)[C@H]2CC[C@]1(C)C2. The molecule has 0 spiro atoms. The van der Waals surface area contributed by atoms with E-state index >= 15 is 0 Å². The third-order valence-electron chi connectivity index (χ3n) is 5.68. The zero-order chi connectivity index (χ0) is 13.4. The second kappa shape index (κ2) is 5.13. The molecule has 2 aliphatic carbocycles. The van der Waals surface area contributed by atoms with Gasteiger partial charge in [-0.15, -0.1) is 0 Å². The van der Waals surface area contributed by atoms with E-state index in [4.69, 9.17) is 4.74 Å². The number of nitrogens with one attached hydrogen (secondary N) is 1. The molecule has 1 N–H and O–H groups in total. The van der Waals surface area contributed by atoms with Crippen LogP contribution in [-0.2, 0) is 4.74 Å². The fourth-order valence-electron chi connectivity index (χ4n) is 4.72. The van der Waals surface area contributed by atoms with Crippen molar-refractivity contribution in [1.29, 1.82) is 0 Å². The quantitative estimate of drug-likeness (QED) is 0.781. The van der Waals surface area contributed by atoms with E-state index in [1.807, 2.05) is 7.11 Å². The van der Waals surface area contributed by atoms with Crippen LogP contribution < -0.4 is 5.32 Å². The van der Waals surface area contributed by atoms with Crippen LogP contribution in [0.1, 0.15) is 59.8 Å². The lowest BCUT2D eigenvalue weighted by Crippen LogP contribution is -2.54. The largest absolute Gasteiger partial charge is 0.383 e. The average Bonchev–Trinajstić information content (AvgIpc) is 2.76. The first-order valence-corrected chi connectivity index (χ1v) is 7.69. The van der Waals surface area contributed by atoms with Crippen molar-refractivity contribution in [3.05, 3.63) is 0 Å². The van der Waals surface area contributed by atoms with E-state index in [-0.39, 0.29) is 0 Å². The van der Waals surface area contributed by atoms with Crippen molar-refractivity contribution in [3.63, 3.8) is 0 Å². The van der Waals surface area contributed by atoms with Crippen molar-refractivity contribution in [3.8, 4) is 0 Å². The Labute approximate surface area is 113 Å². The van der Waals surface area contributed by atoms with Crippen LogP contribution in [0.2, 0.25) is 0 Å². The van der Waals surface area contributed by atoms with Gasteiger partial charge in [-0.05, 0) is 42.4 Å². The molecule has 0 aliphatic heterocycles. The van der Waals surface area contributed by atoms with Gasteiger partial charge in [0.15, 0.2) is 0 Å². The Bertz CT molecular complexity index is 278. The molecule has 2 heteroatoms. The number of ether oxygens (including phenoxy) is 1. The fourth-order valence-corrected chi connectivity index (χ4v) is 4.72. The second-order valence-corrected chi connectivity index (χ2v) is 7.46. The molecule has 0 amide bonds.